The fourth-order valence-electron chi connectivity index (χ4n) is 3.33. The Morgan fingerprint density at radius 2 is 2.04 bits per heavy atom. The Hall–Kier alpha value is -2.12. The first-order valence-electron chi connectivity index (χ1n) is 9.10. The molecule has 1 aliphatic rings. The maximum atomic E-state index is 9.61. The van der Waals surface area contributed by atoms with Gasteiger partial charge in [-0.1, -0.05) is 19.1 Å². The van der Waals surface area contributed by atoms with Crippen LogP contribution < -0.4 is 4.90 Å². The van der Waals surface area contributed by atoms with Crippen molar-refractivity contribution >= 4 is 28.7 Å². The van der Waals surface area contributed by atoms with E-state index in [9.17, 15) is 5.26 Å². The predicted octanol–water partition coefficient (Wildman–Crippen LogP) is 5.18. The second-order valence-electron chi connectivity index (χ2n) is 6.67. The van der Waals surface area contributed by atoms with Crippen molar-refractivity contribution in [2.24, 2.45) is 5.92 Å². The average molecular weight is 352 g/mol. The Balaban J connectivity index is 1.85. The average Bonchev–Trinajstić information content (AvgIpc) is 3.04. The number of nitrogens with zero attached hydrogens (tertiary/aromatic N) is 3. The van der Waals surface area contributed by atoms with E-state index in [1.54, 1.807) is 11.3 Å². The van der Waals surface area contributed by atoms with Gasteiger partial charge in [0, 0.05) is 23.7 Å². The van der Waals surface area contributed by atoms with Gasteiger partial charge < -0.3 is 4.90 Å². The fourth-order valence-corrected chi connectivity index (χ4v) is 4.57. The van der Waals surface area contributed by atoms with Gasteiger partial charge in [-0.25, -0.2) is 4.98 Å². The minimum Gasteiger partial charge on any atom is -0.372 e. The number of aromatic nitrogens is 1. The van der Waals surface area contributed by atoms with Gasteiger partial charge in [0.1, 0.15) is 11.1 Å². The van der Waals surface area contributed by atoms with Crippen molar-refractivity contribution in [2.75, 3.05) is 18.0 Å². The molecule has 25 heavy (non-hydrogen) atoms. The van der Waals surface area contributed by atoms with E-state index < -0.39 is 0 Å². The molecule has 0 spiro atoms. The summed E-state index contributed by atoms with van der Waals surface area (Å²) in [5.74, 6) is 0.725. The number of benzene rings is 1. The number of rotatable bonds is 5. The number of fused-ring (bicyclic) bond motifs is 1. The quantitative estimate of drug-likeness (QED) is 0.697. The minimum absolute atomic E-state index is 0.669. The van der Waals surface area contributed by atoms with E-state index in [4.69, 9.17) is 4.98 Å². The molecule has 130 valence electrons. The highest BCUT2D eigenvalue weighted by atomic mass is 32.1. The lowest BCUT2D eigenvalue weighted by Crippen LogP contribution is -2.21. The summed E-state index contributed by atoms with van der Waals surface area (Å²) >= 11 is 1.70. The van der Waals surface area contributed by atoms with Crippen LogP contribution >= 0.6 is 11.3 Å². The third kappa shape index (κ3) is 3.93. The van der Waals surface area contributed by atoms with Gasteiger partial charge in [0.25, 0.3) is 0 Å². The zero-order chi connectivity index (χ0) is 17.8. The second kappa shape index (κ2) is 7.84. The molecule has 0 N–H and O–H groups in total. The van der Waals surface area contributed by atoms with E-state index in [2.05, 4.69) is 56.0 Å². The topological polar surface area (TPSA) is 39.9 Å². The number of hydrogen-bond donors (Lipinski definition) is 0. The van der Waals surface area contributed by atoms with Gasteiger partial charge in [-0.05, 0) is 62.8 Å². The van der Waals surface area contributed by atoms with Gasteiger partial charge in [0.2, 0.25) is 0 Å². The standard InChI is InChI=1S/C21H25N3S/c1-4-24(5-2)18-9-7-16(8-10-18)13-17(14-22)21-23-19-11-6-15(3)12-20(19)25-21/h7-10,13,15H,4-6,11-12H2,1-3H3/b17-13+/t15-/m1/s1. The molecule has 1 aromatic heterocycles. The van der Waals surface area contributed by atoms with E-state index in [0.29, 0.717) is 5.57 Å². The van der Waals surface area contributed by atoms with Crippen LogP contribution in [0.25, 0.3) is 11.6 Å². The van der Waals surface area contributed by atoms with Gasteiger partial charge in [-0.15, -0.1) is 11.3 Å². The maximum Gasteiger partial charge on any atom is 0.134 e. The van der Waals surface area contributed by atoms with Crippen LogP contribution in [0.4, 0.5) is 5.69 Å². The van der Waals surface area contributed by atoms with Crippen molar-refractivity contribution < 1.29 is 0 Å². The summed E-state index contributed by atoms with van der Waals surface area (Å²) in [6, 6.07) is 10.8. The summed E-state index contributed by atoms with van der Waals surface area (Å²) in [7, 11) is 0. The van der Waals surface area contributed by atoms with E-state index in [0.717, 1.165) is 42.4 Å². The predicted molar refractivity (Wildman–Crippen MR) is 107 cm³/mol. The van der Waals surface area contributed by atoms with Gasteiger partial charge >= 0.3 is 0 Å². The molecular weight excluding hydrogens is 326 g/mol. The van der Waals surface area contributed by atoms with Crippen LogP contribution in [-0.4, -0.2) is 18.1 Å². The summed E-state index contributed by atoms with van der Waals surface area (Å²) in [5.41, 5.74) is 4.15. The molecule has 0 saturated heterocycles. The number of aryl methyl sites for hydroxylation is 1. The fraction of sp³-hybridized carbons (Fsp3) is 0.429. The second-order valence-corrected chi connectivity index (χ2v) is 7.75. The highest BCUT2D eigenvalue weighted by Gasteiger charge is 2.21. The van der Waals surface area contributed by atoms with Crippen LogP contribution in [0.2, 0.25) is 0 Å². The van der Waals surface area contributed by atoms with Crippen LogP contribution in [0, 0.1) is 17.2 Å². The number of allylic oxidation sites excluding steroid dienone is 1. The highest BCUT2D eigenvalue weighted by molar-refractivity contribution is 7.13. The molecule has 1 atom stereocenters. The summed E-state index contributed by atoms with van der Waals surface area (Å²) in [6.45, 7) is 8.61. The Labute approximate surface area is 154 Å². The van der Waals surface area contributed by atoms with Crippen molar-refractivity contribution in [1.82, 2.24) is 4.98 Å². The monoisotopic (exact) mass is 351 g/mol. The zero-order valence-electron chi connectivity index (χ0n) is 15.2. The lowest BCUT2D eigenvalue weighted by molar-refractivity contribution is 0.502. The molecule has 2 aromatic rings. The van der Waals surface area contributed by atoms with Crippen molar-refractivity contribution in [3.05, 3.63) is 45.4 Å². The number of anilines is 1. The first-order chi connectivity index (χ1) is 12.1. The van der Waals surface area contributed by atoms with Crippen molar-refractivity contribution in [3.8, 4) is 6.07 Å². The van der Waals surface area contributed by atoms with Crippen molar-refractivity contribution in [1.29, 1.82) is 5.26 Å². The Morgan fingerprint density at radius 3 is 2.68 bits per heavy atom. The van der Waals surface area contributed by atoms with Crippen LogP contribution in [0.3, 0.4) is 0 Å². The Kier molecular flexibility index (Phi) is 5.55. The molecule has 0 aliphatic heterocycles. The van der Waals surface area contributed by atoms with Crippen LogP contribution in [0.15, 0.2) is 24.3 Å². The molecule has 0 amide bonds. The third-order valence-electron chi connectivity index (χ3n) is 4.87. The lowest BCUT2D eigenvalue weighted by atomic mass is 9.93. The van der Waals surface area contributed by atoms with E-state index >= 15 is 0 Å². The summed E-state index contributed by atoms with van der Waals surface area (Å²) < 4.78 is 0. The number of nitriles is 1. The highest BCUT2D eigenvalue weighted by Crippen LogP contribution is 2.33. The smallest absolute Gasteiger partial charge is 0.134 e. The molecule has 1 aliphatic carbocycles. The molecule has 0 unspecified atom stereocenters. The first-order valence-corrected chi connectivity index (χ1v) is 9.92. The van der Waals surface area contributed by atoms with Crippen molar-refractivity contribution in [3.63, 3.8) is 0 Å². The molecule has 1 aromatic carbocycles. The normalized spacial score (nSPS) is 17.0. The van der Waals surface area contributed by atoms with E-state index in [-0.39, 0.29) is 0 Å². The molecule has 3 nitrogen and oxygen atoms in total. The molecule has 0 saturated carbocycles. The Bertz CT molecular complexity index is 792. The third-order valence-corrected chi connectivity index (χ3v) is 6.02. The van der Waals surface area contributed by atoms with E-state index in [1.165, 1.54) is 22.7 Å². The molecule has 3 rings (SSSR count). The maximum absolute atomic E-state index is 9.61. The SMILES string of the molecule is CCN(CC)c1ccc(/C=C(\C#N)c2nc3c(s2)C[C@H](C)CC3)cc1. The minimum atomic E-state index is 0.669. The zero-order valence-corrected chi connectivity index (χ0v) is 16.1. The molecule has 1 heterocycles. The summed E-state index contributed by atoms with van der Waals surface area (Å²) in [6.07, 6.45) is 5.31. The van der Waals surface area contributed by atoms with E-state index in [1.807, 2.05) is 6.08 Å². The van der Waals surface area contributed by atoms with Crippen molar-refractivity contribution in [2.45, 2.75) is 40.0 Å². The molecule has 0 fully saturated rings. The first kappa shape index (κ1) is 17.7. The molecule has 4 heteroatoms. The Morgan fingerprint density at radius 1 is 1.32 bits per heavy atom. The number of thiazole rings is 1. The largest absolute Gasteiger partial charge is 0.372 e. The summed E-state index contributed by atoms with van der Waals surface area (Å²) in [4.78, 5) is 8.43. The summed E-state index contributed by atoms with van der Waals surface area (Å²) in [5, 5.41) is 10.5. The molecule has 0 radical (unpaired) electrons. The van der Waals surface area contributed by atoms with Crippen LogP contribution in [0.5, 0.6) is 0 Å². The van der Waals surface area contributed by atoms with Gasteiger partial charge in [-0.3, -0.25) is 0 Å². The molecule has 0 bridgehead atoms. The molecular formula is C21H25N3S. The number of hydrogen-bond acceptors (Lipinski definition) is 4. The van der Waals surface area contributed by atoms with Gasteiger partial charge in [0.05, 0.1) is 11.3 Å². The van der Waals surface area contributed by atoms with Gasteiger partial charge in [0.15, 0.2) is 0 Å². The van der Waals surface area contributed by atoms with Crippen LogP contribution in [-0.2, 0) is 12.8 Å². The lowest BCUT2D eigenvalue weighted by Gasteiger charge is -2.20. The van der Waals surface area contributed by atoms with Crippen LogP contribution in [0.1, 0.15) is 48.3 Å². The van der Waals surface area contributed by atoms with Gasteiger partial charge in [-0.2, -0.15) is 5.26 Å².